The third kappa shape index (κ3) is 5.05. The number of ketones is 1. The second-order valence-electron chi connectivity index (χ2n) is 8.93. The fraction of sp³-hybridized carbons (Fsp3) is 0.280. The predicted octanol–water partition coefficient (Wildman–Crippen LogP) is 3.50. The van der Waals surface area contributed by atoms with Crippen LogP contribution in [0, 0.1) is 6.92 Å². The monoisotopic (exact) mass is 524 g/mol. The Bertz CT molecular complexity index is 1520. The van der Waals surface area contributed by atoms with E-state index < -0.39 is 36.1 Å². The van der Waals surface area contributed by atoms with Gasteiger partial charge in [0.25, 0.3) is 0 Å². The standard InChI is InChI=1S/C25H23F3N8O2/c1-14-3-7-20(34-33-14)31-16-4-6-19-18(11-16)30-13-36(19)21-8-5-17(15(2)37)23(32-21)24(25(26,27)28)35-10-9-29-22(38)12-35/h3-8,11,13,24H,9-10,12H2,1-2H3,(H,29,38)(H,31,34). The molecule has 1 atom stereocenters. The molecule has 1 amide bonds. The fourth-order valence-electron chi connectivity index (χ4n) is 4.40. The Morgan fingerprint density at radius 3 is 2.63 bits per heavy atom. The van der Waals surface area contributed by atoms with Gasteiger partial charge in [0.1, 0.15) is 12.1 Å². The van der Waals surface area contributed by atoms with Crippen molar-refractivity contribution in [2.75, 3.05) is 25.0 Å². The van der Waals surface area contributed by atoms with Gasteiger partial charge in [-0.05, 0) is 56.3 Å². The van der Waals surface area contributed by atoms with Gasteiger partial charge in [-0.2, -0.15) is 18.3 Å². The summed E-state index contributed by atoms with van der Waals surface area (Å²) in [5.74, 6) is -0.369. The molecule has 10 nitrogen and oxygen atoms in total. The maximum atomic E-state index is 14.4. The summed E-state index contributed by atoms with van der Waals surface area (Å²) in [6, 6.07) is 9.49. The van der Waals surface area contributed by atoms with E-state index in [0.29, 0.717) is 22.5 Å². The molecule has 38 heavy (non-hydrogen) atoms. The molecule has 3 aromatic heterocycles. The van der Waals surface area contributed by atoms with Crippen molar-refractivity contribution < 1.29 is 22.8 Å². The maximum Gasteiger partial charge on any atom is 0.409 e. The van der Waals surface area contributed by atoms with E-state index in [1.54, 1.807) is 28.8 Å². The van der Waals surface area contributed by atoms with Crippen LogP contribution in [-0.4, -0.2) is 67.1 Å². The SMILES string of the molecule is CC(=O)c1ccc(-n2cnc3cc(Nc4ccc(C)nn4)ccc32)nc1C(N1CCNC(=O)C1)C(F)(F)F. The summed E-state index contributed by atoms with van der Waals surface area (Å²) in [4.78, 5) is 33.9. The van der Waals surface area contributed by atoms with Crippen LogP contribution in [-0.2, 0) is 4.79 Å². The Labute approximate surface area is 214 Å². The molecule has 1 aliphatic heterocycles. The first kappa shape index (κ1) is 25.3. The molecule has 13 heteroatoms. The van der Waals surface area contributed by atoms with Crippen molar-refractivity contribution in [2.24, 2.45) is 0 Å². The summed E-state index contributed by atoms with van der Waals surface area (Å²) in [6.45, 7) is 2.60. The lowest BCUT2D eigenvalue weighted by Gasteiger charge is -2.35. The molecule has 5 rings (SSSR count). The molecule has 1 saturated heterocycles. The minimum absolute atomic E-state index is 0.0334. The number of piperazine rings is 1. The number of nitrogens with zero attached hydrogens (tertiary/aromatic N) is 6. The number of imidazole rings is 1. The van der Waals surface area contributed by atoms with E-state index in [0.717, 1.165) is 10.6 Å². The molecule has 196 valence electrons. The average Bonchev–Trinajstić information content (AvgIpc) is 3.28. The molecule has 1 aromatic carbocycles. The van der Waals surface area contributed by atoms with Crippen LogP contribution in [0.4, 0.5) is 24.7 Å². The summed E-state index contributed by atoms with van der Waals surface area (Å²) >= 11 is 0. The van der Waals surface area contributed by atoms with E-state index in [2.05, 4.69) is 30.8 Å². The third-order valence-corrected chi connectivity index (χ3v) is 6.16. The molecular weight excluding hydrogens is 501 g/mol. The Hall–Kier alpha value is -4.39. The van der Waals surface area contributed by atoms with Gasteiger partial charge in [0.05, 0.1) is 29.0 Å². The minimum Gasteiger partial charge on any atom is -0.354 e. The molecule has 1 fully saturated rings. The molecule has 1 unspecified atom stereocenters. The van der Waals surface area contributed by atoms with Crippen molar-refractivity contribution in [3.63, 3.8) is 0 Å². The number of Topliss-reactive ketones (excluding diaryl/α,β-unsaturated/α-hetero) is 1. The van der Waals surface area contributed by atoms with Crippen molar-refractivity contribution in [2.45, 2.75) is 26.1 Å². The molecule has 0 saturated carbocycles. The number of anilines is 2. The van der Waals surface area contributed by atoms with Crippen molar-refractivity contribution in [1.82, 2.24) is 34.9 Å². The smallest absolute Gasteiger partial charge is 0.354 e. The van der Waals surface area contributed by atoms with Crippen LogP contribution in [0.1, 0.15) is 34.7 Å². The van der Waals surface area contributed by atoms with Crippen LogP contribution in [0.25, 0.3) is 16.9 Å². The van der Waals surface area contributed by atoms with Crippen molar-refractivity contribution in [1.29, 1.82) is 0 Å². The lowest BCUT2D eigenvalue weighted by atomic mass is 10.0. The topological polar surface area (TPSA) is 118 Å². The molecule has 0 aliphatic carbocycles. The summed E-state index contributed by atoms with van der Waals surface area (Å²) in [5, 5.41) is 13.7. The largest absolute Gasteiger partial charge is 0.409 e. The highest BCUT2D eigenvalue weighted by atomic mass is 19.4. The summed E-state index contributed by atoms with van der Waals surface area (Å²) < 4.78 is 44.7. The van der Waals surface area contributed by atoms with Gasteiger partial charge in [-0.3, -0.25) is 19.1 Å². The Morgan fingerprint density at radius 1 is 1.13 bits per heavy atom. The first-order valence-corrected chi connectivity index (χ1v) is 11.7. The van der Waals surface area contributed by atoms with Gasteiger partial charge in [0, 0.05) is 24.3 Å². The number of carbonyl (C=O) groups excluding carboxylic acids is 2. The first-order valence-electron chi connectivity index (χ1n) is 11.7. The number of fused-ring (bicyclic) bond motifs is 1. The predicted molar refractivity (Wildman–Crippen MR) is 132 cm³/mol. The van der Waals surface area contributed by atoms with E-state index >= 15 is 0 Å². The number of hydrogen-bond acceptors (Lipinski definition) is 8. The molecule has 1 aliphatic rings. The number of rotatable bonds is 6. The molecule has 2 N–H and O–H groups in total. The summed E-state index contributed by atoms with van der Waals surface area (Å²) in [7, 11) is 0. The number of amides is 1. The lowest BCUT2D eigenvalue weighted by Crippen LogP contribution is -2.52. The van der Waals surface area contributed by atoms with E-state index in [4.69, 9.17) is 0 Å². The van der Waals surface area contributed by atoms with Gasteiger partial charge in [-0.15, -0.1) is 5.10 Å². The number of alkyl halides is 3. The second-order valence-corrected chi connectivity index (χ2v) is 8.93. The minimum atomic E-state index is -4.77. The molecule has 0 radical (unpaired) electrons. The second kappa shape index (κ2) is 9.82. The lowest BCUT2D eigenvalue weighted by molar-refractivity contribution is -0.189. The molecule has 0 bridgehead atoms. The summed E-state index contributed by atoms with van der Waals surface area (Å²) in [6.07, 6.45) is -3.32. The van der Waals surface area contributed by atoms with Gasteiger partial charge < -0.3 is 10.6 Å². The van der Waals surface area contributed by atoms with Crippen molar-refractivity contribution in [3.8, 4) is 5.82 Å². The molecular formula is C25H23F3N8O2. The highest BCUT2D eigenvalue weighted by Crippen LogP contribution is 2.39. The van der Waals surface area contributed by atoms with Crippen molar-refractivity contribution in [3.05, 3.63) is 65.7 Å². The van der Waals surface area contributed by atoms with Gasteiger partial charge in [-0.1, -0.05) is 0 Å². The normalized spacial score (nSPS) is 15.3. The van der Waals surface area contributed by atoms with E-state index in [1.165, 1.54) is 25.4 Å². The Kier molecular flexibility index (Phi) is 6.53. The fourth-order valence-corrected chi connectivity index (χ4v) is 4.40. The van der Waals surface area contributed by atoms with Gasteiger partial charge in [-0.25, -0.2) is 9.97 Å². The zero-order chi connectivity index (χ0) is 27.0. The van der Waals surface area contributed by atoms with Crippen LogP contribution in [0.15, 0.2) is 48.8 Å². The zero-order valence-electron chi connectivity index (χ0n) is 20.5. The average molecular weight is 525 g/mol. The molecule has 0 spiro atoms. The van der Waals surface area contributed by atoms with Crippen LogP contribution < -0.4 is 10.6 Å². The summed E-state index contributed by atoms with van der Waals surface area (Å²) in [5.41, 5.74) is 2.03. The number of aromatic nitrogens is 5. The van der Waals surface area contributed by atoms with Crippen LogP contribution in [0.2, 0.25) is 0 Å². The third-order valence-electron chi connectivity index (χ3n) is 6.16. The molecule has 4 aromatic rings. The van der Waals surface area contributed by atoms with E-state index in [9.17, 15) is 22.8 Å². The zero-order valence-corrected chi connectivity index (χ0v) is 20.5. The van der Waals surface area contributed by atoms with Crippen molar-refractivity contribution >= 4 is 34.2 Å². The number of aryl methyl sites for hydroxylation is 1. The maximum absolute atomic E-state index is 14.4. The van der Waals surface area contributed by atoms with Crippen LogP contribution >= 0.6 is 0 Å². The highest BCUT2D eigenvalue weighted by Gasteiger charge is 2.48. The number of pyridine rings is 1. The first-order chi connectivity index (χ1) is 18.1. The van der Waals surface area contributed by atoms with Crippen LogP contribution in [0.3, 0.4) is 0 Å². The Balaban J connectivity index is 1.54. The Morgan fingerprint density at radius 2 is 1.95 bits per heavy atom. The number of hydrogen-bond donors (Lipinski definition) is 2. The quantitative estimate of drug-likeness (QED) is 0.368. The van der Waals surface area contributed by atoms with Gasteiger partial charge in [0.2, 0.25) is 5.91 Å². The number of halogens is 3. The highest BCUT2D eigenvalue weighted by molar-refractivity contribution is 5.95. The van der Waals surface area contributed by atoms with Crippen LogP contribution in [0.5, 0.6) is 0 Å². The number of nitrogens with one attached hydrogen (secondary N) is 2. The van der Waals surface area contributed by atoms with E-state index in [1.807, 2.05) is 13.0 Å². The number of benzene rings is 1. The molecule has 4 heterocycles. The van der Waals surface area contributed by atoms with E-state index in [-0.39, 0.29) is 24.5 Å². The van der Waals surface area contributed by atoms with Gasteiger partial charge >= 0.3 is 6.18 Å². The number of carbonyl (C=O) groups is 2. The van der Waals surface area contributed by atoms with Gasteiger partial charge in [0.15, 0.2) is 17.6 Å².